The van der Waals surface area contributed by atoms with Gasteiger partial charge in [-0.15, -0.1) is 0 Å². The number of likely N-dealkylation sites (tertiary alicyclic amines) is 1. The molecule has 0 spiro atoms. The molecule has 0 aromatic heterocycles. The van der Waals surface area contributed by atoms with E-state index in [1.165, 1.54) is 0 Å². The summed E-state index contributed by atoms with van der Waals surface area (Å²) in [4.78, 5) is 24.5. The zero-order valence-electron chi connectivity index (χ0n) is 10.7. The molecule has 0 radical (unpaired) electrons. The van der Waals surface area contributed by atoms with Gasteiger partial charge in [0.15, 0.2) is 0 Å². The van der Waals surface area contributed by atoms with E-state index in [0.29, 0.717) is 18.7 Å². The van der Waals surface area contributed by atoms with Gasteiger partial charge in [-0.2, -0.15) is 0 Å². The molecule has 0 unspecified atom stereocenters. The summed E-state index contributed by atoms with van der Waals surface area (Å²) >= 11 is 5.48. The minimum absolute atomic E-state index is 0.0629. The molecule has 0 saturated carbocycles. The summed E-state index contributed by atoms with van der Waals surface area (Å²) in [7, 11) is 0. The number of hydrogen-bond acceptors (Lipinski definition) is 3. The molecule has 7 heteroatoms. The zero-order chi connectivity index (χ0) is 14.9. The average molecular weight is 454 g/mol. The molecular weight excluding hydrogens is 441 g/mol. The van der Waals surface area contributed by atoms with Gasteiger partial charge >= 0.3 is 5.97 Å². The van der Waals surface area contributed by atoms with Crippen LogP contribution in [0.5, 0.6) is 0 Å². The van der Waals surface area contributed by atoms with Crippen molar-refractivity contribution in [2.45, 2.75) is 12.5 Å². The first-order valence-corrected chi connectivity index (χ1v) is 7.78. The van der Waals surface area contributed by atoms with Crippen molar-refractivity contribution in [2.75, 3.05) is 19.7 Å². The molecule has 0 atom stereocenters. The van der Waals surface area contributed by atoms with Crippen molar-refractivity contribution in [1.82, 2.24) is 4.90 Å². The van der Waals surface area contributed by atoms with E-state index in [9.17, 15) is 9.59 Å². The van der Waals surface area contributed by atoms with E-state index in [-0.39, 0.29) is 12.5 Å². The van der Waals surface area contributed by atoms with Crippen LogP contribution in [0.2, 0.25) is 0 Å². The summed E-state index contributed by atoms with van der Waals surface area (Å²) in [5.74, 6) is -1.07. The monoisotopic (exact) mass is 453 g/mol. The van der Waals surface area contributed by atoms with Gasteiger partial charge in [0.1, 0.15) is 12.2 Å². The van der Waals surface area contributed by atoms with Gasteiger partial charge in [0.05, 0.1) is 18.7 Å². The number of carboxylic acid groups (broad SMARTS) is 1. The van der Waals surface area contributed by atoms with Crippen LogP contribution in [0.3, 0.4) is 0 Å². The Kier molecular flexibility index (Phi) is 4.70. The Labute approximate surface area is 138 Å². The fourth-order valence-corrected chi connectivity index (χ4v) is 2.99. The number of ether oxygens (including phenoxy) is 1. The van der Waals surface area contributed by atoms with Gasteiger partial charge in [-0.3, -0.25) is 4.79 Å². The van der Waals surface area contributed by atoms with E-state index in [1.54, 1.807) is 11.0 Å². The standard InChI is InChI=1S/C13H13BrINO4/c1-13(20-5-11(17)18)6-16(7-13)12(19)9-4-8(14)2-3-10(9)15/h2-4H,5-7H2,1H3,(H,17,18). The number of carbonyl (C=O) groups excluding carboxylic acids is 1. The van der Waals surface area contributed by atoms with Gasteiger partial charge in [-0.1, -0.05) is 15.9 Å². The number of hydrogen-bond donors (Lipinski definition) is 1. The average Bonchev–Trinajstić information content (AvgIpc) is 2.35. The van der Waals surface area contributed by atoms with Crippen molar-refractivity contribution < 1.29 is 19.4 Å². The van der Waals surface area contributed by atoms with Crippen LogP contribution in [0.25, 0.3) is 0 Å². The Morgan fingerprint density at radius 3 is 2.75 bits per heavy atom. The third kappa shape index (κ3) is 3.50. The third-order valence-corrected chi connectivity index (χ3v) is 4.47. The molecule has 1 N–H and O–H groups in total. The molecule has 1 saturated heterocycles. The molecule has 1 aliphatic heterocycles. The number of aliphatic carboxylic acids is 1. The Morgan fingerprint density at radius 1 is 1.50 bits per heavy atom. The molecule has 1 heterocycles. The summed E-state index contributed by atoms with van der Waals surface area (Å²) in [6.07, 6.45) is 0. The predicted molar refractivity (Wildman–Crippen MR) is 84.8 cm³/mol. The largest absolute Gasteiger partial charge is 0.480 e. The van der Waals surface area contributed by atoms with Gasteiger partial charge in [0.25, 0.3) is 5.91 Å². The molecule has 0 bridgehead atoms. The number of nitrogens with zero attached hydrogens (tertiary/aromatic N) is 1. The highest BCUT2D eigenvalue weighted by Crippen LogP contribution is 2.28. The molecule has 2 rings (SSSR count). The normalized spacial score (nSPS) is 16.6. The lowest BCUT2D eigenvalue weighted by atomic mass is 9.95. The molecule has 1 amide bonds. The SMILES string of the molecule is CC1(OCC(=O)O)CN(C(=O)c2cc(Br)ccc2I)C1. The van der Waals surface area contributed by atoms with E-state index in [1.807, 2.05) is 19.1 Å². The molecule has 108 valence electrons. The molecule has 1 aromatic rings. The highest BCUT2D eigenvalue weighted by Gasteiger charge is 2.43. The third-order valence-electron chi connectivity index (χ3n) is 3.04. The van der Waals surface area contributed by atoms with Crippen LogP contribution < -0.4 is 0 Å². The molecule has 1 aromatic carbocycles. The minimum atomic E-state index is -1.00. The second kappa shape index (κ2) is 5.98. The number of carbonyl (C=O) groups is 2. The lowest BCUT2D eigenvalue weighted by Crippen LogP contribution is -2.63. The van der Waals surface area contributed by atoms with Crippen molar-refractivity contribution in [3.05, 3.63) is 31.8 Å². The Balaban J connectivity index is 2.00. The van der Waals surface area contributed by atoms with Crippen LogP contribution >= 0.6 is 38.5 Å². The van der Waals surface area contributed by atoms with Crippen LogP contribution in [0, 0.1) is 3.57 Å². The second-order valence-corrected chi connectivity index (χ2v) is 7.00. The summed E-state index contributed by atoms with van der Waals surface area (Å²) in [5, 5.41) is 8.60. The maximum Gasteiger partial charge on any atom is 0.329 e. The quantitative estimate of drug-likeness (QED) is 0.711. The topological polar surface area (TPSA) is 66.8 Å². The summed E-state index contributed by atoms with van der Waals surface area (Å²) in [6, 6.07) is 5.55. The zero-order valence-corrected chi connectivity index (χ0v) is 14.5. The molecule has 5 nitrogen and oxygen atoms in total. The van der Waals surface area contributed by atoms with Crippen LogP contribution in [0.4, 0.5) is 0 Å². The van der Waals surface area contributed by atoms with E-state index < -0.39 is 11.6 Å². The highest BCUT2D eigenvalue weighted by atomic mass is 127. The molecule has 1 aliphatic rings. The Hall–Kier alpha value is -0.670. The predicted octanol–water partition coefficient (Wildman–Crippen LogP) is 2.37. The Bertz CT molecular complexity index is 557. The van der Waals surface area contributed by atoms with E-state index >= 15 is 0 Å². The van der Waals surface area contributed by atoms with Crippen molar-refractivity contribution in [3.63, 3.8) is 0 Å². The van der Waals surface area contributed by atoms with Crippen LogP contribution in [0.15, 0.2) is 22.7 Å². The second-order valence-electron chi connectivity index (χ2n) is 4.92. The van der Waals surface area contributed by atoms with Crippen LogP contribution in [-0.4, -0.2) is 47.2 Å². The van der Waals surface area contributed by atoms with Crippen molar-refractivity contribution in [1.29, 1.82) is 0 Å². The number of halogens is 2. The fourth-order valence-electron chi connectivity index (χ4n) is 2.06. The van der Waals surface area contributed by atoms with Crippen LogP contribution in [-0.2, 0) is 9.53 Å². The van der Waals surface area contributed by atoms with Gasteiger partial charge in [0.2, 0.25) is 0 Å². The highest BCUT2D eigenvalue weighted by molar-refractivity contribution is 14.1. The van der Waals surface area contributed by atoms with Crippen molar-refractivity contribution in [3.8, 4) is 0 Å². The first-order chi connectivity index (χ1) is 9.31. The molecular formula is C13H13BrINO4. The van der Waals surface area contributed by atoms with Crippen LogP contribution in [0.1, 0.15) is 17.3 Å². The Morgan fingerprint density at radius 2 is 2.15 bits per heavy atom. The van der Waals surface area contributed by atoms with Gasteiger partial charge in [-0.25, -0.2) is 4.79 Å². The molecule has 0 aliphatic carbocycles. The lowest BCUT2D eigenvalue weighted by molar-refractivity contribution is -0.159. The fraction of sp³-hybridized carbons (Fsp3) is 0.385. The summed E-state index contributed by atoms with van der Waals surface area (Å²) in [5.41, 5.74) is 0.0751. The number of benzene rings is 1. The lowest BCUT2D eigenvalue weighted by Gasteiger charge is -2.47. The maximum atomic E-state index is 12.4. The summed E-state index contributed by atoms with van der Waals surface area (Å²) in [6.45, 7) is 2.28. The van der Waals surface area contributed by atoms with Gasteiger partial charge in [-0.05, 0) is 47.7 Å². The van der Waals surface area contributed by atoms with E-state index in [4.69, 9.17) is 9.84 Å². The van der Waals surface area contributed by atoms with Gasteiger partial charge in [0, 0.05) is 8.04 Å². The molecule has 1 fully saturated rings. The smallest absolute Gasteiger partial charge is 0.329 e. The van der Waals surface area contributed by atoms with Crippen molar-refractivity contribution >= 4 is 50.4 Å². The summed E-state index contributed by atoms with van der Waals surface area (Å²) < 4.78 is 7.03. The van der Waals surface area contributed by atoms with E-state index in [0.717, 1.165) is 8.04 Å². The number of carboxylic acids is 1. The molecule has 20 heavy (non-hydrogen) atoms. The first kappa shape index (κ1) is 15.7. The van der Waals surface area contributed by atoms with Gasteiger partial charge < -0.3 is 14.7 Å². The maximum absolute atomic E-state index is 12.4. The first-order valence-electron chi connectivity index (χ1n) is 5.91. The number of rotatable bonds is 4. The van der Waals surface area contributed by atoms with E-state index in [2.05, 4.69) is 38.5 Å². The van der Waals surface area contributed by atoms with Crippen molar-refractivity contribution in [2.24, 2.45) is 0 Å². The minimum Gasteiger partial charge on any atom is -0.480 e. The number of amides is 1.